The van der Waals surface area contributed by atoms with Crippen LogP contribution >= 0.6 is 7.82 Å². The number of aliphatic hydroxyl groups excluding tert-OH is 3. The molecule has 0 saturated carbocycles. The number of ether oxygens (including phenoxy) is 1. The fourth-order valence-corrected chi connectivity index (χ4v) is 1.33. The van der Waals surface area contributed by atoms with Gasteiger partial charge in [0.1, 0.15) is 6.10 Å². The summed E-state index contributed by atoms with van der Waals surface area (Å²) >= 11 is 0. The van der Waals surface area contributed by atoms with Gasteiger partial charge in [0.15, 0.2) is 11.9 Å². The summed E-state index contributed by atoms with van der Waals surface area (Å²) in [6.07, 6.45) is -3.37. The molecule has 1 heterocycles. The van der Waals surface area contributed by atoms with Crippen LogP contribution in [0.4, 0.5) is 0 Å². The maximum atomic E-state index is 10.7. The minimum absolute atomic E-state index is 0. The predicted molar refractivity (Wildman–Crippen MR) is 43.9 cm³/mol. The Balaban J connectivity index is 0.00000256. The van der Waals surface area contributed by atoms with E-state index in [1.165, 1.54) is 0 Å². The fraction of sp³-hybridized carbons (Fsp3) is 0.500. The third-order valence-electron chi connectivity index (χ3n) is 1.70. The SMILES string of the molecule is O=C1O[C@H]([C@@H](O)COP(=O)([O-])O)C(O)=C1O.[Na+]. The Morgan fingerprint density at radius 1 is 1.53 bits per heavy atom. The molecule has 0 radical (unpaired) electrons. The normalized spacial score (nSPS) is 24.9. The minimum atomic E-state index is -5.02. The summed E-state index contributed by atoms with van der Waals surface area (Å²) in [7, 11) is -5.02. The summed E-state index contributed by atoms with van der Waals surface area (Å²) in [5, 5.41) is 27.2. The van der Waals surface area contributed by atoms with Crippen LogP contribution in [0.5, 0.6) is 0 Å². The van der Waals surface area contributed by atoms with Gasteiger partial charge in [-0.25, -0.2) is 4.79 Å². The molecular formula is C6H8NaO9P. The van der Waals surface area contributed by atoms with Crippen LogP contribution in [-0.2, 0) is 18.6 Å². The second-order valence-corrected chi connectivity index (χ2v) is 4.09. The molecule has 1 aliphatic rings. The zero-order valence-electron chi connectivity index (χ0n) is 8.64. The van der Waals surface area contributed by atoms with Gasteiger partial charge < -0.3 is 34.4 Å². The monoisotopic (exact) mass is 278 g/mol. The second kappa shape index (κ2) is 6.17. The van der Waals surface area contributed by atoms with E-state index < -0.39 is 44.1 Å². The van der Waals surface area contributed by atoms with Crippen molar-refractivity contribution < 1.29 is 73.3 Å². The third-order valence-corrected chi connectivity index (χ3v) is 2.17. The number of hydrogen-bond acceptors (Lipinski definition) is 8. The molecule has 92 valence electrons. The maximum Gasteiger partial charge on any atom is 1.00 e. The Labute approximate surface area is 117 Å². The van der Waals surface area contributed by atoms with Gasteiger partial charge in [-0.05, 0) is 0 Å². The van der Waals surface area contributed by atoms with Crippen molar-refractivity contribution in [3.8, 4) is 0 Å². The number of rotatable bonds is 4. The molecule has 11 heteroatoms. The molecule has 17 heavy (non-hydrogen) atoms. The van der Waals surface area contributed by atoms with Crippen LogP contribution in [-0.4, -0.2) is 45.0 Å². The molecule has 0 spiro atoms. The molecule has 1 aliphatic heterocycles. The summed E-state index contributed by atoms with van der Waals surface area (Å²) in [6.45, 7) is -0.938. The first-order chi connectivity index (χ1) is 7.22. The number of esters is 1. The average Bonchev–Trinajstić information content (AvgIpc) is 2.41. The Hall–Kier alpha value is -0.120. The third kappa shape index (κ3) is 4.57. The van der Waals surface area contributed by atoms with E-state index in [0.29, 0.717) is 0 Å². The molecule has 4 N–H and O–H groups in total. The van der Waals surface area contributed by atoms with Crippen molar-refractivity contribution in [2.75, 3.05) is 6.61 Å². The van der Waals surface area contributed by atoms with Gasteiger partial charge in [0.2, 0.25) is 5.76 Å². The Bertz CT molecular complexity index is 374. The van der Waals surface area contributed by atoms with Crippen molar-refractivity contribution in [3.05, 3.63) is 11.5 Å². The van der Waals surface area contributed by atoms with E-state index in [2.05, 4.69) is 9.26 Å². The van der Waals surface area contributed by atoms with E-state index in [-0.39, 0.29) is 29.6 Å². The van der Waals surface area contributed by atoms with Crippen LogP contribution in [0.1, 0.15) is 0 Å². The second-order valence-electron chi connectivity index (χ2n) is 2.89. The summed E-state index contributed by atoms with van der Waals surface area (Å²) in [5.41, 5.74) is 0. The predicted octanol–water partition coefficient (Wildman–Crippen LogP) is -4.92. The first-order valence-electron chi connectivity index (χ1n) is 3.92. The van der Waals surface area contributed by atoms with Gasteiger partial charge in [0, 0.05) is 0 Å². The zero-order chi connectivity index (χ0) is 12.5. The van der Waals surface area contributed by atoms with E-state index >= 15 is 0 Å². The van der Waals surface area contributed by atoms with Gasteiger partial charge in [0.05, 0.1) is 6.61 Å². The van der Waals surface area contributed by atoms with Crippen LogP contribution in [0, 0.1) is 0 Å². The smallest absolute Gasteiger partial charge is 0.756 e. The van der Waals surface area contributed by atoms with Crippen LogP contribution in [0.15, 0.2) is 11.5 Å². The van der Waals surface area contributed by atoms with Gasteiger partial charge in [-0.2, -0.15) is 0 Å². The molecule has 1 rings (SSSR count). The molecule has 0 aliphatic carbocycles. The molecule has 0 fully saturated rings. The number of cyclic esters (lactones) is 1. The van der Waals surface area contributed by atoms with Gasteiger partial charge in [-0.15, -0.1) is 0 Å². The van der Waals surface area contributed by atoms with Crippen molar-refractivity contribution in [3.63, 3.8) is 0 Å². The van der Waals surface area contributed by atoms with Crippen LogP contribution in [0.3, 0.4) is 0 Å². The van der Waals surface area contributed by atoms with Crippen molar-refractivity contribution in [2.45, 2.75) is 12.2 Å². The quantitative estimate of drug-likeness (QED) is 0.225. The Kier molecular flexibility index (Phi) is 6.12. The number of carbonyl (C=O) groups excluding carboxylic acids is 1. The van der Waals surface area contributed by atoms with Crippen molar-refractivity contribution >= 4 is 13.8 Å². The molecule has 1 unspecified atom stereocenters. The topological polar surface area (TPSA) is 157 Å². The molecule has 0 aromatic rings. The van der Waals surface area contributed by atoms with Crippen LogP contribution < -0.4 is 34.5 Å². The van der Waals surface area contributed by atoms with E-state index in [0.717, 1.165) is 0 Å². The molecule has 0 bridgehead atoms. The van der Waals surface area contributed by atoms with Gasteiger partial charge in [-0.1, -0.05) is 0 Å². The fourth-order valence-electron chi connectivity index (χ4n) is 0.985. The summed E-state index contributed by atoms with van der Waals surface area (Å²) in [5.74, 6) is -3.26. The number of phosphoric ester groups is 1. The first-order valence-corrected chi connectivity index (χ1v) is 5.41. The first kappa shape index (κ1) is 16.9. The van der Waals surface area contributed by atoms with Crippen LogP contribution in [0.2, 0.25) is 0 Å². The number of carbonyl (C=O) groups is 1. The van der Waals surface area contributed by atoms with Crippen molar-refractivity contribution in [2.24, 2.45) is 0 Å². The van der Waals surface area contributed by atoms with Crippen LogP contribution in [0.25, 0.3) is 0 Å². The van der Waals surface area contributed by atoms with E-state index in [1.807, 2.05) is 0 Å². The van der Waals surface area contributed by atoms with Crippen molar-refractivity contribution in [1.82, 2.24) is 0 Å². The largest absolute Gasteiger partial charge is 1.00 e. The molecule has 0 aromatic heterocycles. The standard InChI is InChI=1S/C6H9O9P.Na/c7-2(1-14-16(11,12)13)5-3(8)4(9)6(10)15-5;/h2,5,7-9H,1H2,(H2,11,12,13);/q;+1/p-1/t2-,5+;/m0./s1. The summed E-state index contributed by atoms with van der Waals surface area (Å²) in [6, 6.07) is 0. The Morgan fingerprint density at radius 2 is 2.06 bits per heavy atom. The molecular weight excluding hydrogens is 270 g/mol. The molecule has 9 nitrogen and oxygen atoms in total. The zero-order valence-corrected chi connectivity index (χ0v) is 11.5. The van der Waals surface area contributed by atoms with E-state index in [1.54, 1.807) is 0 Å². The van der Waals surface area contributed by atoms with E-state index in [9.17, 15) is 19.4 Å². The molecule has 0 aromatic carbocycles. The number of phosphoric acid groups is 1. The van der Waals surface area contributed by atoms with Gasteiger partial charge >= 0.3 is 35.5 Å². The average molecular weight is 278 g/mol. The minimum Gasteiger partial charge on any atom is -0.756 e. The summed E-state index contributed by atoms with van der Waals surface area (Å²) < 4.78 is 18.3. The number of aliphatic hydroxyl groups is 3. The van der Waals surface area contributed by atoms with Crippen molar-refractivity contribution in [1.29, 1.82) is 0 Å². The van der Waals surface area contributed by atoms with E-state index in [4.69, 9.17) is 15.1 Å². The van der Waals surface area contributed by atoms with Gasteiger partial charge in [0.25, 0.3) is 7.82 Å². The summed E-state index contributed by atoms with van der Waals surface area (Å²) in [4.78, 5) is 29.1. The maximum absolute atomic E-state index is 10.7. The molecule has 0 saturated heterocycles. The molecule has 3 atom stereocenters. The van der Waals surface area contributed by atoms with Gasteiger partial charge in [-0.3, -0.25) is 4.57 Å². The molecule has 0 amide bonds. The number of hydrogen-bond donors (Lipinski definition) is 4. The Morgan fingerprint density at radius 3 is 2.41 bits per heavy atom.